The lowest BCUT2D eigenvalue weighted by Crippen LogP contribution is -2.52. The van der Waals surface area contributed by atoms with Crippen molar-refractivity contribution in [1.29, 1.82) is 0 Å². The second-order valence-corrected chi connectivity index (χ2v) is 7.57. The van der Waals surface area contributed by atoms with E-state index in [1.54, 1.807) is 0 Å². The van der Waals surface area contributed by atoms with Gasteiger partial charge in [0.05, 0.1) is 11.7 Å². The van der Waals surface area contributed by atoms with Crippen LogP contribution >= 0.6 is 0 Å². The van der Waals surface area contributed by atoms with Crippen LogP contribution in [0, 0.1) is 11.8 Å². The van der Waals surface area contributed by atoms with Gasteiger partial charge in [-0.25, -0.2) is 0 Å². The third-order valence-electron chi connectivity index (χ3n) is 5.98. The van der Waals surface area contributed by atoms with Crippen molar-refractivity contribution in [3.8, 4) is 0 Å². The fraction of sp³-hybridized carbons (Fsp3) is 1.00. The summed E-state index contributed by atoms with van der Waals surface area (Å²) in [5, 5.41) is 3.84. The monoisotopic (exact) mass is 295 g/mol. The van der Waals surface area contributed by atoms with Crippen LogP contribution in [0.15, 0.2) is 0 Å². The zero-order valence-electron chi connectivity index (χ0n) is 13.9. The first-order valence-corrected chi connectivity index (χ1v) is 9.23. The lowest BCUT2D eigenvalue weighted by atomic mass is 9.77. The molecule has 3 aliphatic rings. The molecule has 1 aliphatic carbocycles. The van der Waals surface area contributed by atoms with E-state index in [1.807, 2.05) is 0 Å². The SMILES string of the molecule is CCCNC(C1CCOC2(CCCC2)C1)C1OCCC1C. The van der Waals surface area contributed by atoms with Gasteiger partial charge in [0.15, 0.2) is 0 Å². The summed E-state index contributed by atoms with van der Waals surface area (Å²) in [6.07, 6.45) is 10.6. The Morgan fingerprint density at radius 1 is 1.19 bits per heavy atom. The summed E-state index contributed by atoms with van der Waals surface area (Å²) in [4.78, 5) is 0. The Bertz CT molecular complexity index is 327. The number of nitrogens with one attached hydrogen (secondary N) is 1. The van der Waals surface area contributed by atoms with Crippen molar-refractivity contribution in [3.63, 3.8) is 0 Å². The molecule has 1 N–H and O–H groups in total. The van der Waals surface area contributed by atoms with Gasteiger partial charge in [0, 0.05) is 19.3 Å². The molecule has 4 atom stereocenters. The van der Waals surface area contributed by atoms with Crippen LogP contribution in [0.2, 0.25) is 0 Å². The van der Waals surface area contributed by atoms with Gasteiger partial charge in [-0.15, -0.1) is 0 Å². The highest BCUT2D eigenvalue weighted by atomic mass is 16.5. The van der Waals surface area contributed by atoms with Gasteiger partial charge in [0.25, 0.3) is 0 Å². The second kappa shape index (κ2) is 6.97. The molecule has 0 aromatic carbocycles. The first-order valence-electron chi connectivity index (χ1n) is 9.23. The fourth-order valence-corrected chi connectivity index (χ4v) is 4.78. The summed E-state index contributed by atoms with van der Waals surface area (Å²) in [5.41, 5.74) is 0.219. The maximum Gasteiger partial charge on any atom is 0.0757 e. The lowest BCUT2D eigenvalue weighted by molar-refractivity contribution is -0.107. The molecule has 3 rings (SSSR count). The van der Waals surface area contributed by atoms with E-state index in [1.165, 1.54) is 51.4 Å². The molecule has 1 saturated carbocycles. The maximum atomic E-state index is 6.23. The number of hydrogen-bond donors (Lipinski definition) is 1. The van der Waals surface area contributed by atoms with Crippen LogP contribution in [0.25, 0.3) is 0 Å². The molecule has 4 unspecified atom stereocenters. The molecular formula is C18H33NO2. The Labute approximate surface area is 130 Å². The topological polar surface area (TPSA) is 30.5 Å². The molecule has 1 spiro atoms. The van der Waals surface area contributed by atoms with Crippen LogP contribution in [-0.4, -0.2) is 37.5 Å². The van der Waals surface area contributed by atoms with Gasteiger partial charge < -0.3 is 14.8 Å². The molecule has 0 aromatic heterocycles. The van der Waals surface area contributed by atoms with E-state index in [4.69, 9.17) is 9.47 Å². The van der Waals surface area contributed by atoms with Crippen LogP contribution in [0.1, 0.15) is 65.2 Å². The van der Waals surface area contributed by atoms with Gasteiger partial charge in [-0.3, -0.25) is 0 Å². The van der Waals surface area contributed by atoms with E-state index >= 15 is 0 Å². The van der Waals surface area contributed by atoms with Crippen LogP contribution in [-0.2, 0) is 9.47 Å². The highest BCUT2D eigenvalue weighted by Gasteiger charge is 2.45. The van der Waals surface area contributed by atoms with E-state index < -0.39 is 0 Å². The summed E-state index contributed by atoms with van der Waals surface area (Å²) in [5.74, 6) is 1.43. The molecule has 2 aliphatic heterocycles. The molecule has 3 heteroatoms. The van der Waals surface area contributed by atoms with Gasteiger partial charge in [-0.1, -0.05) is 26.7 Å². The number of hydrogen-bond acceptors (Lipinski definition) is 3. The van der Waals surface area contributed by atoms with Gasteiger partial charge >= 0.3 is 0 Å². The summed E-state index contributed by atoms with van der Waals surface area (Å²) < 4.78 is 12.4. The highest BCUT2D eigenvalue weighted by molar-refractivity contribution is 4.98. The van der Waals surface area contributed by atoms with Crippen molar-refractivity contribution in [2.45, 2.75) is 83.0 Å². The third-order valence-corrected chi connectivity index (χ3v) is 5.98. The first kappa shape index (κ1) is 15.8. The Hall–Kier alpha value is -0.120. The average molecular weight is 295 g/mol. The van der Waals surface area contributed by atoms with Crippen molar-refractivity contribution in [1.82, 2.24) is 5.32 Å². The summed E-state index contributed by atoms with van der Waals surface area (Å²) in [6.45, 7) is 7.64. The first-order chi connectivity index (χ1) is 10.2. The molecule has 122 valence electrons. The van der Waals surface area contributed by atoms with Gasteiger partial charge in [-0.2, -0.15) is 0 Å². The minimum atomic E-state index is 0.219. The van der Waals surface area contributed by atoms with Crippen molar-refractivity contribution < 1.29 is 9.47 Å². The van der Waals surface area contributed by atoms with E-state index in [0.717, 1.165) is 25.7 Å². The largest absolute Gasteiger partial charge is 0.376 e. The smallest absolute Gasteiger partial charge is 0.0757 e. The molecule has 2 saturated heterocycles. The van der Waals surface area contributed by atoms with Crippen molar-refractivity contribution in [2.75, 3.05) is 19.8 Å². The maximum absolute atomic E-state index is 6.23. The zero-order chi connectivity index (χ0) is 14.7. The van der Waals surface area contributed by atoms with Gasteiger partial charge in [0.2, 0.25) is 0 Å². The van der Waals surface area contributed by atoms with Crippen LogP contribution < -0.4 is 5.32 Å². The molecule has 21 heavy (non-hydrogen) atoms. The van der Waals surface area contributed by atoms with E-state index in [-0.39, 0.29) is 5.60 Å². The molecule has 0 aromatic rings. The quantitative estimate of drug-likeness (QED) is 0.842. The Balaban J connectivity index is 1.69. The van der Waals surface area contributed by atoms with Crippen LogP contribution in [0.3, 0.4) is 0 Å². The Morgan fingerprint density at radius 3 is 2.67 bits per heavy atom. The minimum absolute atomic E-state index is 0.219. The van der Waals surface area contributed by atoms with Crippen molar-refractivity contribution >= 4 is 0 Å². The normalized spacial score (nSPS) is 37.1. The van der Waals surface area contributed by atoms with Crippen LogP contribution in [0.5, 0.6) is 0 Å². The van der Waals surface area contributed by atoms with E-state index in [9.17, 15) is 0 Å². The van der Waals surface area contributed by atoms with E-state index in [0.29, 0.717) is 18.1 Å². The number of ether oxygens (including phenoxy) is 2. The summed E-state index contributed by atoms with van der Waals surface area (Å²) in [6, 6.07) is 0.531. The van der Waals surface area contributed by atoms with Crippen molar-refractivity contribution in [3.05, 3.63) is 0 Å². The second-order valence-electron chi connectivity index (χ2n) is 7.57. The molecule has 0 radical (unpaired) electrons. The Kier molecular flexibility index (Phi) is 5.23. The standard InChI is InChI=1S/C18H33NO2/c1-3-10-19-16(17-14(2)6-11-20-17)15-7-12-21-18(13-15)8-4-5-9-18/h14-17,19H,3-13H2,1-2H3. The van der Waals surface area contributed by atoms with Crippen LogP contribution in [0.4, 0.5) is 0 Å². The molecule has 3 nitrogen and oxygen atoms in total. The highest BCUT2D eigenvalue weighted by Crippen LogP contribution is 2.44. The molecule has 0 bridgehead atoms. The third kappa shape index (κ3) is 3.46. The predicted molar refractivity (Wildman–Crippen MR) is 85.5 cm³/mol. The fourth-order valence-electron chi connectivity index (χ4n) is 4.78. The minimum Gasteiger partial charge on any atom is -0.376 e. The van der Waals surface area contributed by atoms with Gasteiger partial charge in [0.1, 0.15) is 0 Å². The zero-order valence-corrected chi connectivity index (χ0v) is 13.9. The van der Waals surface area contributed by atoms with E-state index in [2.05, 4.69) is 19.2 Å². The summed E-state index contributed by atoms with van der Waals surface area (Å²) in [7, 11) is 0. The number of rotatable bonds is 5. The Morgan fingerprint density at radius 2 is 2.00 bits per heavy atom. The van der Waals surface area contributed by atoms with Gasteiger partial charge in [-0.05, 0) is 56.9 Å². The molecular weight excluding hydrogens is 262 g/mol. The molecule has 3 fully saturated rings. The summed E-state index contributed by atoms with van der Waals surface area (Å²) >= 11 is 0. The predicted octanol–water partition coefficient (Wildman–Crippen LogP) is 3.52. The molecule has 0 amide bonds. The molecule has 2 heterocycles. The van der Waals surface area contributed by atoms with Crippen molar-refractivity contribution in [2.24, 2.45) is 11.8 Å². The lowest BCUT2D eigenvalue weighted by Gasteiger charge is -2.43. The average Bonchev–Trinajstić information content (AvgIpc) is 3.10.